The summed E-state index contributed by atoms with van der Waals surface area (Å²) in [6.07, 6.45) is 0. The lowest BCUT2D eigenvalue weighted by molar-refractivity contribution is -0.384. The Kier molecular flexibility index (Phi) is 3.10. The maximum absolute atomic E-state index is 11.0. The van der Waals surface area contributed by atoms with Crippen LogP contribution in [0.2, 0.25) is 0 Å². The molecule has 0 aliphatic carbocycles. The summed E-state index contributed by atoms with van der Waals surface area (Å²) >= 11 is 3.30. The van der Waals surface area contributed by atoms with Gasteiger partial charge in [-0.1, -0.05) is 34.1 Å². The molecule has 0 radical (unpaired) electrons. The van der Waals surface area contributed by atoms with Gasteiger partial charge in [0, 0.05) is 21.8 Å². The third kappa shape index (κ3) is 2.29. The van der Waals surface area contributed by atoms with E-state index in [1.165, 1.54) is 6.07 Å². The van der Waals surface area contributed by atoms with E-state index in [2.05, 4.69) is 15.9 Å². The monoisotopic (exact) mass is 292 g/mol. The summed E-state index contributed by atoms with van der Waals surface area (Å²) in [6, 6.07) is 11.9. The van der Waals surface area contributed by atoms with Crippen LogP contribution in [0.5, 0.6) is 0 Å². The van der Waals surface area contributed by atoms with Crippen LogP contribution in [-0.4, -0.2) is 4.92 Å². The molecule has 86 valence electrons. The first-order valence-electron chi connectivity index (χ1n) is 4.88. The molecule has 2 aromatic rings. The van der Waals surface area contributed by atoms with Crippen molar-refractivity contribution in [1.82, 2.24) is 0 Å². The second kappa shape index (κ2) is 4.55. The second-order valence-electron chi connectivity index (χ2n) is 3.51. The van der Waals surface area contributed by atoms with Crippen molar-refractivity contribution in [2.24, 2.45) is 0 Å². The standard InChI is InChI=1S/C12H9BrN2O2/c13-8-5-6-12(15(16)17)10(7-8)9-3-1-2-4-11(9)14/h1-7H,14H2. The summed E-state index contributed by atoms with van der Waals surface area (Å²) in [5, 5.41) is 11.0. The van der Waals surface area contributed by atoms with Crippen molar-refractivity contribution in [2.45, 2.75) is 0 Å². The highest BCUT2D eigenvalue weighted by molar-refractivity contribution is 9.10. The zero-order chi connectivity index (χ0) is 12.4. The van der Waals surface area contributed by atoms with Gasteiger partial charge in [-0.15, -0.1) is 0 Å². The summed E-state index contributed by atoms with van der Waals surface area (Å²) in [5.41, 5.74) is 7.59. The molecular formula is C12H9BrN2O2. The van der Waals surface area contributed by atoms with Gasteiger partial charge in [0.15, 0.2) is 0 Å². The number of nitro groups is 1. The minimum absolute atomic E-state index is 0.0473. The minimum Gasteiger partial charge on any atom is -0.398 e. The third-order valence-corrected chi connectivity index (χ3v) is 2.90. The van der Waals surface area contributed by atoms with Gasteiger partial charge in [0.05, 0.1) is 10.5 Å². The van der Waals surface area contributed by atoms with E-state index in [0.717, 1.165) is 4.47 Å². The predicted molar refractivity (Wildman–Crippen MR) is 70.6 cm³/mol. The van der Waals surface area contributed by atoms with Crippen LogP contribution in [0.3, 0.4) is 0 Å². The number of nitrogens with two attached hydrogens (primary N) is 1. The molecule has 0 fully saturated rings. The number of hydrogen-bond donors (Lipinski definition) is 1. The van der Waals surface area contributed by atoms with Gasteiger partial charge in [0.2, 0.25) is 0 Å². The summed E-state index contributed by atoms with van der Waals surface area (Å²) in [7, 11) is 0. The first kappa shape index (κ1) is 11.6. The molecule has 0 spiro atoms. The molecule has 0 heterocycles. The molecule has 2 rings (SSSR count). The van der Waals surface area contributed by atoms with Crippen molar-refractivity contribution in [3.05, 3.63) is 57.1 Å². The summed E-state index contributed by atoms with van der Waals surface area (Å²) in [5.74, 6) is 0. The molecule has 0 aliphatic rings. The van der Waals surface area contributed by atoms with Crippen LogP contribution in [0.25, 0.3) is 11.1 Å². The van der Waals surface area contributed by atoms with E-state index in [-0.39, 0.29) is 5.69 Å². The zero-order valence-corrected chi connectivity index (χ0v) is 10.3. The Morgan fingerprint density at radius 3 is 2.47 bits per heavy atom. The normalized spacial score (nSPS) is 10.2. The number of nitrogen functional groups attached to an aromatic ring is 1. The quantitative estimate of drug-likeness (QED) is 0.522. The Hall–Kier alpha value is -1.88. The van der Waals surface area contributed by atoms with Gasteiger partial charge in [0.25, 0.3) is 5.69 Å². The number of benzene rings is 2. The van der Waals surface area contributed by atoms with Crippen molar-refractivity contribution >= 4 is 27.3 Å². The average molecular weight is 293 g/mol. The van der Waals surface area contributed by atoms with Crippen LogP contribution in [0, 0.1) is 10.1 Å². The SMILES string of the molecule is Nc1ccccc1-c1cc(Br)ccc1[N+](=O)[O-]. The van der Waals surface area contributed by atoms with Crippen LogP contribution in [0.4, 0.5) is 11.4 Å². The zero-order valence-electron chi connectivity index (χ0n) is 8.76. The fraction of sp³-hybridized carbons (Fsp3) is 0. The Morgan fingerprint density at radius 2 is 1.82 bits per heavy atom. The first-order valence-corrected chi connectivity index (χ1v) is 5.67. The van der Waals surface area contributed by atoms with Crippen molar-refractivity contribution in [3.8, 4) is 11.1 Å². The molecule has 2 N–H and O–H groups in total. The van der Waals surface area contributed by atoms with Crippen LogP contribution >= 0.6 is 15.9 Å². The van der Waals surface area contributed by atoms with E-state index in [4.69, 9.17) is 5.73 Å². The number of para-hydroxylation sites is 1. The molecule has 0 aromatic heterocycles. The van der Waals surface area contributed by atoms with Crippen molar-refractivity contribution in [3.63, 3.8) is 0 Å². The van der Waals surface area contributed by atoms with Crippen LogP contribution < -0.4 is 5.73 Å². The molecule has 0 amide bonds. The molecule has 2 aromatic carbocycles. The highest BCUT2D eigenvalue weighted by Gasteiger charge is 2.16. The molecule has 0 unspecified atom stereocenters. The number of hydrogen-bond acceptors (Lipinski definition) is 3. The number of anilines is 1. The number of halogens is 1. The van der Waals surface area contributed by atoms with E-state index in [1.54, 1.807) is 36.4 Å². The van der Waals surface area contributed by atoms with Gasteiger partial charge in [0.1, 0.15) is 0 Å². The molecule has 17 heavy (non-hydrogen) atoms. The van der Waals surface area contributed by atoms with Gasteiger partial charge in [-0.25, -0.2) is 0 Å². The Morgan fingerprint density at radius 1 is 1.12 bits per heavy atom. The van der Waals surface area contributed by atoms with Crippen molar-refractivity contribution in [1.29, 1.82) is 0 Å². The third-order valence-electron chi connectivity index (χ3n) is 2.41. The number of rotatable bonds is 2. The molecule has 0 saturated carbocycles. The molecule has 0 atom stereocenters. The van der Waals surface area contributed by atoms with E-state index < -0.39 is 4.92 Å². The molecule has 4 nitrogen and oxygen atoms in total. The van der Waals surface area contributed by atoms with Crippen LogP contribution in [-0.2, 0) is 0 Å². The molecule has 5 heteroatoms. The molecular weight excluding hydrogens is 284 g/mol. The van der Waals surface area contributed by atoms with E-state index in [1.807, 2.05) is 0 Å². The fourth-order valence-electron chi connectivity index (χ4n) is 1.63. The van der Waals surface area contributed by atoms with E-state index >= 15 is 0 Å². The minimum atomic E-state index is -0.409. The van der Waals surface area contributed by atoms with Gasteiger partial charge in [-0.3, -0.25) is 10.1 Å². The van der Waals surface area contributed by atoms with Crippen LogP contribution in [0.15, 0.2) is 46.9 Å². The second-order valence-corrected chi connectivity index (χ2v) is 4.42. The molecule has 0 bridgehead atoms. The van der Waals surface area contributed by atoms with Gasteiger partial charge in [-0.05, 0) is 18.2 Å². The molecule has 0 aliphatic heterocycles. The topological polar surface area (TPSA) is 69.2 Å². The van der Waals surface area contributed by atoms with Crippen LogP contribution in [0.1, 0.15) is 0 Å². The lowest BCUT2D eigenvalue weighted by Gasteiger charge is -2.06. The van der Waals surface area contributed by atoms with Crippen molar-refractivity contribution in [2.75, 3.05) is 5.73 Å². The van der Waals surface area contributed by atoms with E-state index in [0.29, 0.717) is 16.8 Å². The summed E-state index contributed by atoms with van der Waals surface area (Å²) < 4.78 is 0.779. The molecule has 0 saturated heterocycles. The maximum Gasteiger partial charge on any atom is 0.277 e. The first-order chi connectivity index (χ1) is 8.09. The highest BCUT2D eigenvalue weighted by atomic mass is 79.9. The lowest BCUT2D eigenvalue weighted by atomic mass is 10.0. The lowest BCUT2D eigenvalue weighted by Crippen LogP contribution is -1.95. The largest absolute Gasteiger partial charge is 0.398 e. The highest BCUT2D eigenvalue weighted by Crippen LogP contribution is 2.35. The summed E-state index contributed by atoms with van der Waals surface area (Å²) in [6.45, 7) is 0. The van der Waals surface area contributed by atoms with Gasteiger partial charge < -0.3 is 5.73 Å². The van der Waals surface area contributed by atoms with Gasteiger partial charge in [-0.2, -0.15) is 0 Å². The Bertz CT molecular complexity index is 584. The predicted octanol–water partition coefficient (Wildman–Crippen LogP) is 3.61. The smallest absolute Gasteiger partial charge is 0.277 e. The fourth-order valence-corrected chi connectivity index (χ4v) is 1.99. The maximum atomic E-state index is 11.0. The Balaban J connectivity index is 2.70. The van der Waals surface area contributed by atoms with Gasteiger partial charge >= 0.3 is 0 Å². The van der Waals surface area contributed by atoms with E-state index in [9.17, 15) is 10.1 Å². The van der Waals surface area contributed by atoms with Crippen molar-refractivity contribution < 1.29 is 4.92 Å². The number of nitro benzene ring substituents is 1. The average Bonchev–Trinajstić information content (AvgIpc) is 2.29. The number of nitrogens with zero attached hydrogens (tertiary/aromatic N) is 1. The summed E-state index contributed by atoms with van der Waals surface area (Å²) in [4.78, 5) is 10.6. The Labute approximate surface area is 106 Å².